The number of hydrogen-bond acceptors (Lipinski definition) is 5. The number of nitrogens with one attached hydrogen (secondary N) is 1. The monoisotopic (exact) mass is 431 g/mol. The Labute approximate surface area is 181 Å². The number of carbonyl (C=O) groups excluding carboxylic acids is 2. The van der Waals surface area contributed by atoms with Crippen LogP contribution in [0.2, 0.25) is 5.02 Å². The van der Waals surface area contributed by atoms with Gasteiger partial charge in [-0.1, -0.05) is 35.9 Å². The van der Waals surface area contributed by atoms with Crippen LogP contribution in [-0.4, -0.2) is 65.6 Å². The van der Waals surface area contributed by atoms with Crippen LogP contribution in [-0.2, 0) is 16.1 Å². The number of piperazine rings is 1. The zero-order chi connectivity index (χ0) is 21.5. The summed E-state index contributed by atoms with van der Waals surface area (Å²) in [5, 5.41) is 13.7. The Morgan fingerprint density at radius 3 is 2.63 bits per heavy atom. The first-order valence-corrected chi connectivity index (χ1v) is 10.2. The number of hydrogen-bond donors (Lipinski definition) is 2. The molecule has 8 heteroatoms. The fourth-order valence-electron chi connectivity index (χ4n) is 3.31. The molecule has 1 saturated heterocycles. The lowest BCUT2D eigenvalue weighted by atomic mass is 10.2. The highest BCUT2D eigenvalue weighted by atomic mass is 35.5. The fraction of sp³-hybridized carbons (Fsp3) is 0.364. The number of aliphatic hydroxyl groups excluding tert-OH is 1. The first-order chi connectivity index (χ1) is 14.4. The Balaban J connectivity index is 1.46. The molecule has 1 aliphatic rings. The van der Waals surface area contributed by atoms with Crippen molar-refractivity contribution in [3.8, 4) is 5.75 Å². The molecule has 1 heterocycles. The van der Waals surface area contributed by atoms with Crippen molar-refractivity contribution < 1.29 is 19.4 Å². The van der Waals surface area contributed by atoms with Crippen molar-refractivity contribution in [1.82, 2.24) is 9.80 Å². The Bertz CT molecular complexity index is 875. The van der Waals surface area contributed by atoms with E-state index in [4.69, 9.17) is 16.3 Å². The molecule has 0 aromatic heterocycles. The molecule has 1 aliphatic heterocycles. The van der Waals surface area contributed by atoms with Gasteiger partial charge in [0.05, 0.1) is 12.2 Å². The van der Waals surface area contributed by atoms with Gasteiger partial charge >= 0.3 is 0 Å². The van der Waals surface area contributed by atoms with Crippen molar-refractivity contribution in [1.29, 1.82) is 0 Å². The third-order valence-corrected chi connectivity index (χ3v) is 5.03. The van der Waals surface area contributed by atoms with E-state index in [1.54, 1.807) is 29.2 Å². The lowest BCUT2D eigenvalue weighted by Crippen LogP contribution is -2.52. The van der Waals surface area contributed by atoms with Crippen LogP contribution in [0, 0.1) is 0 Å². The molecule has 0 aliphatic carbocycles. The molecular weight excluding hydrogens is 406 g/mol. The highest BCUT2D eigenvalue weighted by Crippen LogP contribution is 2.24. The number of β-amino-alcohol motifs (C(OH)–C–C–N with tert-alkyl or cyclic N) is 1. The summed E-state index contributed by atoms with van der Waals surface area (Å²) in [6.07, 6.45) is -0.831. The second kappa shape index (κ2) is 10.4. The van der Waals surface area contributed by atoms with Crippen molar-refractivity contribution in [3.05, 3.63) is 59.1 Å². The van der Waals surface area contributed by atoms with Crippen LogP contribution in [0.4, 0.5) is 5.69 Å². The lowest BCUT2D eigenvalue weighted by molar-refractivity contribution is -0.138. The third-order valence-electron chi connectivity index (χ3n) is 4.78. The number of aliphatic hydroxyl groups is 1. The number of ether oxygens (including phenoxy) is 1. The van der Waals surface area contributed by atoms with Crippen molar-refractivity contribution in [2.45, 2.75) is 19.6 Å². The van der Waals surface area contributed by atoms with Gasteiger partial charge in [0.2, 0.25) is 11.8 Å². The highest BCUT2D eigenvalue weighted by molar-refractivity contribution is 6.30. The van der Waals surface area contributed by atoms with Crippen molar-refractivity contribution in [2.24, 2.45) is 0 Å². The molecule has 0 unspecified atom stereocenters. The zero-order valence-corrected chi connectivity index (χ0v) is 17.6. The Morgan fingerprint density at radius 2 is 1.93 bits per heavy atom. The van der Waals surface area contributed by atoms with Gasteiger partial charge in [-0.25, -0.2) is 0 Å². The molecule has 0 spiro atoms. The van der Waals surface area contributed by atoms with E-state index >= 15 is 0 Å². The SMILES string of the molecule is CC(=O)Nc1ccccc1OC[C@@H](O)CN1CCN(Cc2ccc(Cl)cc2)CC1=O. The lowest BCUT2D eigenvalue weighted by Gasteiger charge is -2.35. The molecule has 160 valence electrons. The van der Waals surface area contributed by atoms with E-state index in [1.165, 1.54) is 6.92 Å². The molecular formula is C22H26ClN3O4. The minimum Gasteiger partial charge on any atom is -0.489 e. The number of carbonyl (C=O) groups is 2. The second-order valence-electron chi connectivity index (χ2n) is 7.32. The second-order valence-corrected chi connectivity index (χ2v) is 7.76. The summed E-state index contributed by atoms with van der Waals surface area (Å²) < 4.78 is 5.66. The normalized spacial score (nSPS) is 15.7. The molecule has 7 nitrogen and oxygen atoms in total. The van der Waals surface area contributed by atoms with Gasteiger partial charge in [-0.2, -0.15) is 0 Å². The maximum atomic E-state index is 12.5. The van der Waals surface area contributed by atoms with E-state index in [9.17, 15) is 14.7 Å². The van der Waals surface area contributed by atoms with E-state index < -0.39 is 6.10 Å². The summed E-state index contributed by atoms with van der Waals surface area (Å²) in [5.74, 6) is 0.257. The molecule has 2 N–H and O–H groups in total. The Morgan fingerprint density at radius 1 is 1.20 bits per heavy atom. The van der Waals surface area contributed by atoms with Crippen LogP contribution >= 0.6 is 11.6 Å². The number of rotatable bonds is 8. The van der Waals surface area contributed by atoms with Crippen LogP contribution in [0.5, 0.6) is 5.75 Å². The van der Waals surface area contributed by atoms with Crippen LogP contribution in [0.15, 0.2) is 48.5 Å². The van der Waals surface area contributed by atoms with Gasteiger partial charge in [0.25, 0.3) is 0 Å². The van der Waals surface area contributed by atoms with Crippen molar-refractivity contribution >= 4 is 29.1 Å². The molecule has 0 bridgehead atoms. The van der Waals surface area contributed by atoms with Crippen LogP contribution in [0.25, 0.3) is 0 Å². The topological polar surface area (TPSA) is 82.1 Å². The molecule has 0 saturated carbocycles. The van der Waals surface area contributed by atoms with Crippen LogP contribution in [0.3, 0.4) is 0 Å². The quantitative estimate of drug-likeness (QED) is 0.670. The van der Waals surface area contributed by atoms with Gasteiger partial charge in [-0.05, 0) is 29.8 Å². The van der Waals surface area contributed by atoms with E-state index in [2.05, 4.69) is 10.2 Å². The van der Waals surface area contributed by atoms with Crippen LogP contribution < -0.4 is 10.1 Å². The summed E-state index contributed by atoms with van der Waals surface area (Å²) >= 11 is 5.91. The van der Waals surface area contributed by atoms with Crippen molar-refractivity contribution in [3.63, 3.8) is 0 Å². The summed E-state index contributed by atoms with van der Waals surface area (Å²) in [7, 11) is 0. The number of nitrogens with zero attached hydrogens (tertiary/aromatic N) is 2. The molecule has 30 heavy (non-hydrogen) atoms. The molecule has 1 atom stereocenters. The molecule has 0 radical (unpaired) electrons. The third kappa shape index (κ3) is 6.45. The Kier molecular flexibility index (Phi) is 7.68. The van der Waals surface area contributed by atoms with E-state index in [0.29, 0.717) is 36.1 Å². The van der Waals surface area contributed by atoms with Gasteiger partial charge in [-0.3, -0.25) is 14.5 Å². The van der Waals surface area contributed by atoms with E-state index in [1.807, 2.05) is 24.3 Å². The molecule has 2 aromatic rings. The van der Waals surface area contributed by atoms with Gasteiger partial charge in [-0.15, -0.1) is 0 Å². The molecule has 2 amide bonds. The first-order valence-electron chi connectivity index (χ1n) is 9.83. The van der Waals surface area contributed by atoms with E-state index in [-0.39, 0.29) is 25.0 Å². The average molecular weight is 432 g/mol. The predicted molar refractivity (Wildman–Crippen MR) is 116 cm³/mol. The summed E-state index contributed by atoms with van der Waals surface area (Å²) in [6, 6.07) is 14.6. The molecule has 3 rings (SSSR count). The minimum atomic E-state index is -0.831. The van der Waals surface area contributed by atoms with Gasteiger partial charge < -0.3 is 20.1 Å². The summed E-state index contributed by atoms with van der Waals surface area (Å²) in [4.78, 5) is 27.5. The van der Waals surface area contributed by atoms with E-state index in [0.717, 1.165) is 12.1 Å². The van der Waals surface area contributed by atoms with Gasteiger partial charge in [0.1, 0.15) is 18.5 Å². The largest absolute Gasteiger partial charge is 0.489 e. The number of benzene rings is 2. The number of halogens is 1. The number of para-hydroxylation sites is 2. The van der Waals surface area contributed by atoms with Crippen molar-refractivity contribution in [2.75, 3.05) is 38.1 Å². The highest BCUT2D eigenvalue weighted by Gasteiger charge is 2.25. The first kappa shape index (κ1) is 22.1. The standard InChI is InChI=1S/C22H26ClN3O4/c1-16(27)24-20-4-2-3-5-21(20)30-15-19(28)13-26-11-10-25(14-22(26)29)12-17-6-8-18(23)9-7-17/h2-9,19,28H,10-15H2,1H3,(H,24,27)/t19-/m0/s1. The minimum absolute atomic E-state index is 0.0205. The predicted octanol–water partition coefficient (Wildman–Crippen LogP) is 2.38. The molecule has 2 aromatic carbocycles. The summed E-state index contributed by atoms with van der Waals surface area (Å²) in [5.41, 5.74) is 1.65. The maximum absolute atomic E-state index is 12.5. The number of amides is 2. The maximum Gasteiger partial charge on any atom is 0.236 e. The smallest absolute Gasteiger partial charge is 0.236 e. The van der Waals surface area contributed by atoms with Gasteiger partial charge in [0, 0.05) is 38.1 Å². The Hall–Kier alpha value is -2.61. The van der Waals surface area contributed by atoms with Gasteiger partial charge in [0.15, 0.2) is 0 Å². The zero-order valence-electron chi connectivity index (χ0n) is 16.9. The number of anilines is 1. The average Bonchev–Trinajstić information content (AvgIpc) is 2.71. The van der Waals surface area contributed by atoms with Crippen LogP contribution in [0.1, 0.15) is 12.5 Å². The molecule has 1 fully saturated rings. The summed E-state index contributed by atoms with van der Waals surface area (Å²) in [6.45, 7) is 3.91. The fourth-order valence-corrected chi connectivity index (χ4v) is 3.44.